The van der Waals surface area contributed by atoms with Crippen LogP contribution in [0.3, 0.4) is 0 Å². The number of halogens is 1. The van der Waals surface area contributed by atoms with Crippen molar-refractivity contribution in [1.82, 2.24) is 14.4 Å². The lowest BCUT2D eigenvalue weighted by atomic mass is 9.89. The first-order chi connectivity index (χ1) is 13.7. The highest BCUT2D eigenvalue weighted by Crippen LogP contribution is 2.29. The van der Waals surface area contributed by atoms with E-state index in [0.29, 0.717) is 11.5 Å². The lowest BCUT2D eigenvalue weighted by molar-refractivity contribution is 0.0645. The number of piperazine rings is 1. The van der Waals surface area contributed by atoms with Crippen LogP contribution in [0, 0.1) is 17.2 Å². The molecule has 1 aromatic heterocycles. The van der Waals surface area contributed by atoms with Gasteiger partial charge in [-0.25, -0.2) is 0 Å². The summed E-state index contributed by atoms with van der Waals surface area (Å²) in [5, 5.41) is 10.3. The molecule has 0 unspecified atom stereocenters. The molecule has 0 spiro atoms. The molecule has 1 saturated heterocycles. The molecule has 0 radical (unpaired) electrons. The van der Waals surface area contributed by atoms with Crippen LogP contribution in [0.4, 0.5) is 0 Å². The Morgan fingerprint density at radius 3 is 2.52 bits per heavy atom. The monoisotopic (exact) mass is 414 g/mol. The van der Waals surface area contributed by atoms with E-state index in [4.69, 9.17) is 0 Å². The Labute approximate surface area is 179 Å². The molecule has 2 heterocycles. The van der Waals surface area contributed by atoms with Crippen molar-refractivity contribution >= 4 is 29.2 Å². The quantitative estimate of drug-likeness (QED) is 0.749. The fraction of sp³-hybridized carbons (Fsp3) is 0.565. The number of amides is 1. The highest BCUT2D eigenvalue weighted by molar-refractivity contribution is 6.07. The average Bonchev–Trinajstić information content (AvgIpc) is 3.11. The van der Waals surface area contributed by atoms with Gasteiger partial charge < -0.3 is 14.4 Å². The van der Waals surface area contributed by atoms with Crippen LogP contribution in [0.2, 0.25) is 0 Å². The summed E-state index contributed by atoms with van der Waals surface area (Å²) in [5.41, 5.74) is 2.48. The van der Waals surface area contributed by atoms with Gasteiger partial charge in [0.25, 0.3) is 5.91 Å². The molecule has 4 rings (SSSR count). The van der Waals surface area contributed by atoms with Crippen LogP contribution in [0.5, 0.6) is 0 Å². The highest BCUT2D eigenvalue weighted by atomic mass is 35.5. The first-order valence-electron chi connectivity index (χ1n) is 10.7. The van der Waals surface area contributed by atoms with E-state index in [2.05, 4.69) is 28.7 Å². The van der Waals surface area contributed by atoms with E-state index in [0.717, 1.165) is 55.7 Å². The number of nitriles is 1. The minimum atomic E-state index is 0. The van der Waals surface area contributed by atoms with Gasteiger partial charge >= 0.3 is 0 Å². The number of carbonyl (C=O) groups is 1. The first-order valence-corrected chi connectivity index (χ1v) is 10.7. The van der Waals surface area contributed by atoms with E-state index in [1.54, 1.807) is 0 Å². The van der Waals surface area contributed by atoms with Crippen molar-refractivity contribution in [3.05, 3.63) is 35.5 Å². The third kappa shape index (κ3) is 4.60. The zero-order valence-corrected chi connectivity index (χ0v) is 18.1. The molecule has 29 heavy (non-hydrogen) atoms. The van der Waals surface area contributed by atoms with Gasteiger partial charge in [-0.15, -0.1) is 12.4 Å². The first kappa shape index (κ1) is 21.7. The highest BCUT2D eigenvalue weighted by Gasteiger charge is 2.25. The Bertz CT molecular complexity index is 886. The Kier molecular flexibility index (Phi) is 7.21. The van der Waals surface area contributed by atoms with Crippen LogP contribution in [-0.4, -0.2) is 53.0 Å². The Balaban J connectivity index is 0.00000240. The number of carbonyl (C=O) groups excluding carboxylic acids is 1. The van der Waals surface area contributed by atoms with E-state index >= 15 is 0 Å². The van der Waals surface area contributed by atoms with E-state index in [-0.39, 0.29) is 18.3 Å². The molecular weight excluding hydrogens is 384 g/mol. The molecule has 2 aromatic rings. The molecule has 2 aliphatic rings. The van der Waals surface area contributed by atoms with Gasteiger partial charge in [0.05, 0.1) is 22.7 Å². The molecule has 2 fully saturated rings. The van der Waals surface area contributed by atoms with Crippen molar-refractivity contribution < 1.29 is 4.79 Å². The molecule has 5 nitrogen and oxygen atoms in total. The smallest absolute Gasteiger partial charge is 0.256 e. The number of rotatable bonds is 4. The summed E-state index contributed by atoms with van der Waals surface area (Å²) in [7, 11) is 0. The van der Waals surface area contributed by atoms with Crippen molar-refractivity contribution in [3.8, 4) is 6.07 Å². The van der Waals surface area contributed by atoms with Crippen molar-refractivity contribution in [1.29, 1.82) is 5.26 Å². The molecule has 0 N–H and O–H groups in total. The Morgan fingerprint density at radius 1 is 1.14 bits per heavy atom. The van der Waals surface area contributed by atoms with E-state index in [9.17, 15) is 10.1 Å². The maximum atomic E-state index is 13.3. The number of fused-ring (bicyclic) bond motifs is 1. The van der Waals surface area contributed by atoms with Crippen LogP contribution in [-0.2, 0) is 6.54 Å². The van der Waals surface area contributed by atoms with Crippen LogP contribution in [0.25, 0.3) is 10.9 Å². The third-order valence-corrected chi connectivity index (χ3v) is 6.53. The molecular formula is C23H31ClN4O. The van der Waals surface area contributed by atoms with Crippen LogP contribution in [0.15, 0.2) is 24.4 Å². The fourth-order valence-corrected chi connectivity index (χ4v) is 4.77. The van der Waals surface area contributed by atoms with Gasteiger partial charge in [-0.2, -0.15) is 5.26 Å². The van der Waals surface area contributed by atoms with E-state index < -0.39 is 0 Å². The third-order valence-electron chi connectivity index (χ3n) is 6.53. The van der Waals surface area contributed by atoms with Gasteiger partial charge in [0.15, 0.2) is 0 Å². The number of benzene rings is 1. The number of likely N-dealkylation sites (N-methyl/N-ethyl adjacent to an activating group) is 1. The average molecular weight is 415 g/mol. The van der Waals surface area contributed by atoms with E-state index in [1.807, 2.05) is 23.1 Å². The van der Waals surface area contributed by atoms with Gasteiger partial charge in [-0.3, -0.25) is 4.79 Å². The molecule has 1 aliphatic heterocycles. The number of hydrogen-bond donors (Lipinski definition) is 0. The topological polar surface area (TPSA) is 52.3 Å². The predicted octanol–water partition coefficient (Wildman–Crippen LogP) is 4.29. The summed E-state index contributed by atoms with van der Waals surface area (Å²) in [6.07, 6.45) is 8.53. The Morgan fingerprint density at radius 2 is 1.86 bits per heavy atom. The van der Waals surface area contributed by atoms with E-state index in [1.165, 1.54) is 32.1 Å². The summed E-state index contributed by atoms with van der Waals surface area (Å²) in [4.78, 5) is 17.7. The molecule has 1 amide bonds. The zero-order chi connectivity index (χ0) is 19.5. The minimum absolute atomic E-state index is 0. The van der Waals surface area contributed by atoms with Gasteiger partial charge in [0.2, 0.25) is 0 Å². The summed E-state index contributed by atoms with van der Waals surface area (Å²) in [5.74, 6) is 0.805. The second kappa shape index (κ2) is 9.65. The van der Waals surface area contributed by atoms with Crippen LogP contribution < -0.4 is 0 Å². The van der Waals surface area contributed by atoms with Gasteiger partial charge in [-0.05, 0) is 37.4 Å². The van der Waals surface area contributed by atoms with Crippen LogP contribution in [0.1, 0.15) is 54.9 Å². The Hall–Kier alpha value is -2.03. The minimum Gasteiger partial charge on any atom is -0.346 e. The summed E-state index contributed by atoms with van der Waals surface area (Å²) < 4.78 is 2.24. The summed E-state index contributed by atoms with van der Waals surface area (Å²) in [6.45, 7) is 7.63. The standard InChI is InChI=1S/C23H30N4O.ClH/c1-2-25-10-12-26(13-11-25)23(28)21-17-27(16-18-6-4-3-5-7-18)22-14-19(15-24)8-9-20(21)22;/h8-9,14,17-18H,2-7,10-13,16H2,1H3;1H. The van der Waals surface area contributed by atoms with Crippen molar-refractivity contribution in [2.24, 2.45) is 5.92 Å². The normalized spacial score (nSPS) is 18.4. The number of hydrogen-bond acceptors (Lipinski definition) is 3. The maximum absolute atomic E-state index is 13.3. The summed E-state index contributed by atoms with van der Waals surface area (Å²) in [6, 6.07) is 7.99. The van der Waals surface area contributed by atoms with Crippen molar-refractivity contribution in [2.75, 3.05) is 32.7 Å². The summed E-state index contributed by atoms with van der Waals surface area (Å²) >= 11 is 0. The largest absolute Gasteiger partial charge is 0.346 e. The van der Waals surface area contributed by atoms with Gasteiger partial charge in [0, 0.05) is 44.3 Å². The molecule has 156 valence electrons. The second-order valence-electron chi connectivity index (χ2n) is 8.27. The fourth-order valence-electron chi connectivity index (χ4n) is 4.77. The zero-order valence-electron chi connectivity index (χ0n) is 17.3. The maximum Gasteiger partial charge on any atom is 0.256 e. The molecule has 1 aliphatic carbocycles. The molecule has 1 aromatic carbocycles. The lowest BCUT2D eigenvalue weighted by Crippen LogP contribution is -2.48. The van der Waals surface area contributed by atoms with Crippen molar-refractivity contribution in [2.45, 2.75) is 45.6 Å². The number of aromatic nitrogens is 1. The van der Waals surface area contributed by atoms with Gasteiger partial charge in [0.1, 0.15) is 0 Å². The lowest BCUT2D eigenvalue weighted by Gasteiger charge is -2.34. The molecule has 6 heteroatoms. The molecule has 0 bridgehead atoms. The van der Waals surface area contributed by atoms with Crippen LogP contribution >= 0.6 is 12.4 Å². The second-order valence-corrected chi connectivity index (χ2v) is 8.27. The SMILES string of the molecule is CCN1CCN(C(=O)c2cn(CC3CCCCC3)c3cc(C#N)ccc23)CC1.Cl. The predicted molar refractivity (Wildman–Crippen MR) is 118 cm³/mol. The molecule has 0 atom stereocenters. The molecule has 1 saturated carbocycles. The van der Waals surface area contributed by atoms with Crippen molar-refractivity contribution in [3.63, 3.8) is 0 Å². The number of nitrogens with zero attached hydrogens (tertiary/aromatic N) is 4. The van der Waals surface area contributed by atoms with Gasteiger partial charge in [-0.1, -0.05) is 32.3 Å².